The predicted molar refractivity (Wildman–Crippen MR) is 511 cm³/mol. The molecular formula is C104H97N19O11. The lowest BCUT2D eigenvalue weighted by Crippen LogP contribution is -2.25. The molecule has 17 aromatic rings. The molecule has 6 aliphatic heterocycles. The van der Waals surface area contributed by atoms with E-state index in [4.69, 9.17) is 28.3 Å². The normalized spacial score (nSPS) is 13.9. The van der Waals surface area contributed by atoms with Crippen LogP contribution in [-0.4, -0.2) is 158 Å². The smallest absolute Gasteiger partial charge is 0.253 e. The van der Waals surface area contributed by atoms with Gasteiger partial charge in [-0.1, -0.05) is 146 Å². The van der Waals surface area contributed by atoms with Crippen LogP contribution in [0.25, 0.3) is 89.9 Å². The summed E-state index contributed by atoms with van der Waals surface area (Å²) in [7, 11) is 5.40. The van der Waals surface area contributed by atoms with Crippen LogP contribution in [0.1, 0.15) is 126 Å². The second-order valence-corrected chi connectivity index (χ2v) is 32.5. The van der Waals surface area contributed by atoms with Gasteiger partial charge in [-0.15, -0.1) is 0 Å². The van der Waals surface area contributed by atoms with E-state index in [-0.39, 0.29) is 35.4 Å². The highest BCUT2D eigenvalue weighted by Crippen LogP contribution is 2.33. The Bertz CT molecular complexity index is 7400. The molecule has 134 heavy (non-hydrogen) atoms. The summed E-state index contributed by atoms with van der Waals surface area (Å²) in [6, 6.07) is 75.8. The first-order chi connectivity index (χ1) is 65.6. The van der Waals surface area contributed by atoms with Crippen molar-refractivity contribution in [2.45, 2.75) is 85.7 Å². The Morgan fingerprint density at radius 1 is 0.396 bits per heavy atom. The Labute approximate surface area is 770 Å². The highest BCUT2D eigenvalue weighted by molar-refractivity contribution is 6.10. The fourth-order valence-electron chi connectivity index (χ4n) is 17.2. The van der Waals surface area contributed by atoms with Gasteiger partial charge in [0.25, 0.3) is 35.4 Å². The molecule has 6 N–H and O–H groups in total. The van der Waals surface area contributed by atoms with Crippen molar-refractivity contribution in [3.8, 4) is 29.2 Å². The number of rotatable bonds is 17. The van der Waals surface area contributed by atoms with Crippen LogP contribution >= 0.6 is 0 Å². The van der Waals surface area contributed by atoms with Crippen LogP contribution in [0, 0.1) is 11.8 Å². The second kappa shape index (κ2) is 40.3. The van der Waals surface area contributed by atoms with Crippen LogP contribution in [0.15, 0.2) is 253 Å². The first kappa shape index (κ1) is 88.3. The molecule has 0 saturated carbocycles. The van der Waals surface area contributed by atoms with Gasteiger partial charge in [-0.2, -0.15) is 0 Å². The number of aromatic nitrogens is 12. The van der Waals surface area contributed by atoms with Gasteiger partial charge in [0.15, 0.2) is 17.4 Å². The summed E-state index contributed by atoms with van der Waals surface area (Å²) in [5.74, 6) is 13.9. The number of nitrogens with one attached hydrogen (secondary N) is 6. The van der Waals surface area contributed by atoms with Crippen LogP contribution < -0.4 is 36.6 Å². The van der Waals surface area contributed by atoms with Gasteiger partial charge in [-0.25, -0.2) is 29.9 Å². The summed E-state index contributed by atoms with van der Waals surface area (Å²) in [5, 5.41) is 17.5. The van der Waals surface area contributed by atoms with Gasteiger partial charge in [-0.3, -0.25) is 33.7 Å². The number of allylic oxidation sites excluding steroid dienone is 1. The number of amides is 6. The third kappa shape index (κ3) is 19.3. The molecule has 0 saturated heterocycles. The molecule has 23 rings (SSSR count). The third-order valence-corrected chi connectivity index (χ3v) is 23.4. The molecule has 0 radical (unpaired) electrons. The van der Waals surface area contributed by atoms with E-state index in [2.05, 4.69) is 130 Å². The number of ether oxygens (including phenoxy) is 4. The zero-order valence-corrected chi connectivity index (χ0v) is 74.4. The van der Waals surface area contributed by atoms with Crippen LogP contribution in [0.4, 0.5) is 0 Å². The van der Waals surface area contributed by atoms with Crippen LogP contribution in [0.2, 0.25) is 0 Å². The first-order valence-electron chi connectivity index (χ1n) is 44.3. The molecule has 30 nitrogen and oxygen atoms in total. The summed E-state index contributed by atoms with van der Waals surface area (Å²) >= 11 is 0. The molecular weight excluding hydrogens is 1690 g/mol. The summed E-state index contributed by atoms with van der Waals surface area (Å²) in [6.07, 6.45) is 4.01. The maximum atomic E-state index is 12.2. The van der Waals surface area contributed by atoms with Gasteiger partial charge in [0.1, 0.15) is 54.6 Å². The number of nitrogens with zero attached hydrogens (tertiary/aromatic N) is 13. The highest BCUT2D eigenvalue weighted by Gasteiger charge is 2.29. The number of methoxy groups -OCH3 is 2. The van der Waals surface area contributed by atoms with E-state index in [0.29, 0.717) is 143 Å². The standard InChI is InChI=1S/C19H20N4O.C19H17N3O2.C18H17N3O3.C18H17N3O2.C18H13N3O.C12H13N3O2/c1-22(12-14-6-3-2-4-7-14)13-17-21-16-9-5-8-15-18(16)23(17)11-10-20-19(15)24;1-24-14-8-5-13(6-9-14)7-10-17-21-16-4-2-3-15-18(16)22(17)12-11-20-19(15)23;1-11(2)23-10-12-6-7-15(24-12)17-20-14-5-3-4-13-16(14)21(17)9-8-19-18(13)22;22-18-14-7-4-8-15-17(14)21(10-9-19-18)16(20-15)12-23-11-13-5-2-1-3-6-13;22-18-14-7-4-8-15-17(14)21(12-11-19-18)16(20-15)10-9-13-5-2-1-3-6-13;1-17-7-10-14-9-4-2-3-8-11(9)15(10)6-5-13-12(8)16/h2-9H,10-13H2,1H3,(H,20,24);2-10H,11-12H2,1H3,(H,20,23);3-7H,1,8-10H2,2H3,(H,19,22);1-8H,9-12H2,(H,19,22);1-8H,11-12H2,(H,19,22);2-4H,5-7H2,1H3,(H,13,16)/b;10-7+;;;;. The Hall–Kier alpha value is -16.4. The molecule has 0 spiro atoms. The minimum atomic E-state index is -0.0687. The number of carbonyl (C=O) groups excluding carboxylic acids is 6. The van der Waals surface area contributed by atoms with E-state index in [1.165, 1.54) is 5.56 Å². The fourth-order valence-corrected chi connectivity index (χ4v) is 17.2. The van der Waals surface area contributed by atoms with E-state index in [0.717, 1.165) is 150 Å². The zero-order valence-electron chi connectivity index (χ0n) is 74.4. The quantitative estimate of drug-likeness (QED) is 0.0364. The van der Waals surface area contributed by atoms with Gasteiger partial charge in [0.2, 0.25) is 0 Å². The summed E-state index contributed by atoms with van der Waals surface area (Å²) in [5.41, 5.74) is 18.9. The summed E-state index contributed by atoms with van der Waals surface area (Å²) in [4.78, 5) is 103. The molecule has 0 bridgehead atoms. The Morgan fingerprint density at radius 2 is 0.806 bits per heavy atom. The average Bonchev–Trinajstić information content (AvgIpc) is 2.46. The van der Waals surface area contributed by atoms with E-state index in [9.17, 15) is 28.8 Å². The lowest BCUT2D eigenvalue weighted by molar-refractivity contribution is 0.0946. The number of furan rings is 1. The predicted octanol–water partition coefficient (Wildman–Crippen LogP) is 14.1. The van der Waals surface area contributed by atoms with E-state index in [1.807, 2.05) is 234 Å². The molecule has 0 aliphatic carbocycles. The topological polar surface area (TPSA) is 335 Å². The summed E-state index contributed by atoms with van der Waals surface area (Å²) < 4.78 is 39.9. The number of imidazole rings is 6. The van der Waals surface area contributed by atoms with E-state index < -0.39 is 0 Å². The second-order valence-electron chi connectivity index (χ2n) is 32.5. The van der Waals surface area contributed by atoms with Crippen molar-refractivity contribution < 1.29 is 52.1 Å². The van der Waals surface area contributed by atoms with Gasteiger partial charge in [-0.05, 0) is 152 Å². The van der Waals surface area contributed by atoms with Gasteiger partial charge < -0.3 is 82.7 Å². The molecule has 0 fully saturated rings. The number of hydrogen-bond acceptors (Lipinski definition) is 18. The van der Waals surface area contributed by atoms with Crippen LogP contribution in [0.5, 0.6) is 5.75 Å². The Kier molecular flexibility index (Phi) is 26.6. The minimum absolute atomic E-state index is 0.0107. The maximum Gasteiger partial charge on any atom is 0.253 e. The molecule has 0 atom stereocenters. The number of benzene rings is 10. The molecule has 13 heterocycles. The average molecular weight is 1790 g/mol. The monoisotopic (exact) mass is 1790 g/mol. The van der Waals surface area contributed by atoms with Crippen molar-refractivity contribution in [1.29, 1.82) is 0 Å². The first-order valence-corrected chi connectivity index (χ1v) is 44.3. The number of hydrogen-bond donors (Lipinski definition) is 6. The largest absolute Gasteiger partial charge is 0.497 e. The summed E-state index contributed by atoms with van der Waals surface area (Å²) in [6.45, 7) is 16.7. The van der Waals surface area contributed by atoms with Gasteiger partial charge in [0, 0.05) is 97.8 Å². The fraction of sp³-hybridized carbons (Fsp3) is 0.212. The van der Waals surface area contributed by atoms with Crippen molar-refractivity contribution in [2.75, 3.05) is 60.5 Å². The van der Waals surface area contributed by atoms with Crippen molar-refractivity contribution in [3.63, 3.8) is 0 Å². The van der Waals surface area contributed by atoms with Crippen LogP contribution in [-0.2, 0) is 93.0 Å². The highest BCUT2D eigenvalue weighted by atomic mass is 16.5. The van der Waals surface area contributed by atoms with Gasteiger partial charge >= 0.3 is 0 Å². The molecule has 30 heteroatoms. The van der Waals surface area contributed by atoms with Crippen molar-refractivity contribution in [1.82, 2.24) is 94.1 Å². The van der Waals surface area contributed by atoms with E-state index >= 15 is 0 Å². The van der Waals surface area contributed by atoms with Crippen molar-refractivity contribution >= 4 is 114 Å². The lowest BCUT2D eigenvalue weighted by Gasteiger charge is -2.17. The minimum Gasteiger partial charge on any atom is -0.497 e. The maximum absolute atomic E-state index is 12.2. The Morgan fingerprint density at radius 3 is 1.30 bits per heavy atom. The molecule has 0 unspecified atom stereocenters. The molecule has 6 amide bonds. The van der Waals surface area contributed by atoms with E-state index in [1.54, 1.807) is 21.1 Å². The molecule has 7 aromatic heterocycles. The number of para-hydroxylation sites is 6. The molecule has 674 valence electrons. The number of carbonyl (C=O) groups is 6. The van der Waals surface area contributed by atoms with Crippen LogP contribution in [0.3, 0.4) is 0 Å². The zero-order chi connectivity index (χ0) is 92.1. The Balaban J connectivity index is 0.000000108. The molecule has 6 aliphatic rings. The third-order valence-electron chi connectivity index (χ3n) is 23.4. The molecule has 10 aromatic carbocycles. The SMILES string of the molecule is C=C(C)OCc1ccc(-c2nc3cccc4c3n2CCNC4=O)o1.CN(Cc1ccccc1)Cc1nc2cccc3c2n1CCNC3=O.COCc1nc2cccc3c2n1CCNC3=O.COc1ccc(/C=C/c2nc3cccc4c3n2CCNC4=O)cc1.O=C1NCCn2c(C#Cc3ccccc3)nc3cccc1c32.O=C1NCCn2c(COCc3ccccc3)nc3cccc1c32. The van der Waals surface area contributed by atoms with Crippen molar-refractivity contribution in [3.05, 3.63) is 339 Å². The van der Waals surface area contributed by atoms with Gasteiger partial charge in [0.05, 0.1) is 126 Å². The lowest BCUT2D eigenvalue weighted by atomic mass is 10.2. The van der Waals surface area contributed by atoms with Crippen molar-refractivity contribution in [2.24, 2.45) is 0 Å².